The minimum absolute atomic E-state index is 0.0754. The second-order valence-electron chi connectivity index (χ2n) is 6.91. The van der Waals surface area contributed by atoms with Crippen LogP contribution in [0, 0.1) is 0 Å². The summed E-state index contributed by atoms with van der Waals surface area (Å²) in [6.07, 6.45) is 0.995. The molecule has 1 atom stereocenters. The Kier molecular flexibility index (Phi) is 6.17. The predicted molar refractivity (Wildman–Crippen MR) is 88.8 cm³/mol. The zero-order valence-electron chi connectivity index (χ0n) is 14.1. The zero-order chi connectivity index (χ0) is 16.1. The molecule has 0 aromatic heterocycles. The minimum Gasteiger partial charge on any atom is -0.467 e. The Balaban J connectivity index is 2.75. The standard InChI is InChI=1S/C17H28O3Si/c1-17(2,3)21(5,6)20-15(16(18)19-4)13-12-14-10-8-7-9-11-14/h7-11,15H,12-13H2,1-6H3. The Hall–Kier alpha value is -1.13. The summed E-state index contributed by atoms with van der Waals surface area (Å²) in [7, 11) is -0.563. The molecule has 0 heterocycles. The number of methoxy groups -OCH3 is 1. The van der Waals surface area contributed by atoms with Crippen molar-refractivity contribution in [2.75, 3.05) is 7.11 Å². The summed E-state index contributed by atoms with van der Waals surface area (Å²) in [5, 5.41) is 0.0754. The van der Waals surface area contributed by atoms with Crippen molar-refractivity contribution in [3.63, 3.8) is 0 Å². The summed E-state index contributed by atoms with van der Waals surface area (Å²) in [5.74, 6) is -0.268. The lowest BCUT2D eigenvalue weighted by molar-refractivity contribution is -0.149. The summed E-state index contributed by atoms with van der Waals surface area (Å²) < 4.78 is 11.2. The van der Waals surface area contributed by atoms with Crippen molar-refractivity contribution in [2.45, 2.75) is 57.8 Å². The number of aryl methyl sites for hydroxylation is 1. The van der Waals surface area contributed by atoms with Gasteiger partial charge in [0.2, 0.25) is 0 Å². The van der Waals surface area contributed by atoms with E-state index in [1.54, 1.807) is 0 Å². The van der Waals surface area contributed by atoms with E-state index in [0.717, 1.165) is 6.42 Å². The van der Waals surface area contributed by atoms with Gasteiger partial charge in [0.05, 0.1) is 7.11 Å². The number of esters is 1. The van der Waals surface area contributed by atoms with Crippen LogP contribution in [-0.2, 0) is 20.4 Å². The molecule has 0 N–H and O–H groups in total. The van der Waals surface area contributed by atoms with Crippen LogP contribution in [0.1, 0.15) is 32.8 Å². The maximum absolute atomic E-state index is 12.0. The first-order chi connectivity index (χ1) is 9.67. The maximum Gasteiger partial charge on any atom is 0.333 e. The molecule has 1 unspecified atom stereocenters. The zero-order valence-corrected chi connectivity index (χ0v) is 15.1. The molecule has 0 spiro atoms. The molecule has 0 aliphatic carbocycles. The molecule has 0 bridgehead atoms. The van der Waals surface area contributed by atoms with Crippen molar-refractivity contribution < 1.29 is 14.0 Å². The van der Waals surface area contributed by atoms with Gasteiger partial charge in [-0.1, -0.05) is 51.1 Å². The van der Waals surface area contributed by atoms with E-state index in [2.05, 4.69) is 46.0 Å². The minimum atomic E-state index is -1.99. The summed E-state index contributed by atoms with van der Waals surface area (Å²) in [6, 6.07) is 10.2. The van der Waals surface area contributed by atoms with Gasteiger partial charge >= 0.3 is 5.97 Å². The van der Waals surface area contributed by atoms with Crippen LogP contribution in [0.25, 0.3) is 0 Å². The highest BCUT2D eigenvalue weighted by Crippen LogP contribution is 2.37. The van der Waals surface area contributed by atoms with Crippen LogP contribution in [0.4, 0.5) is 0 Å². The summed E-state index contributed by atoms with van der Waals surface area (Å²) in [5.41, 5.74) is 1.21. The van der Waals surface area contributed by atoms with Crippen LogP contribution < -0.4 is 0 Å². The lowest BCUT2D eigenvalue weighted by Crippen LogP contribution is -2.46. The van der Waals surface area contributed by atoms with Crippen molar-refractivity contribution in [1.82, 2.24) is 0 Å². The fourth-order valence-electron chi connectivity index (χ4n) is 1.83. The Morgan fingerprint density at radius 3 is 2.24 bits per heavy atom. The van der Waals surface area contributed by atoms with E-state index < -0.39 is 14.4 Å². The molecule has 118 valence electrons. The van der Waals surface area contributed by atoms with Crippen molar-refractivity contribution in [3.8, 4) is 0 Å². The largest absolute Gasteiger partial charge is 0.467 e. The Morgan fingerprint density at radius 1 is 1.19 bits per heavy atom. The van der Waals surface area contributed by atoms with Gasteiger partial charge in [-0.25, -0.2) is 4.79 Å². The second-order valence-corrected chi connectivity index (χ2v) is 11.7. The Labute approximate surface area is 129 Å². The van der Waals surface area contributed by atoms with Crippen LogP contribution in [0.15, 0.2) is 30.3 Å². The van der Waals surface area contributed by atoms with Crippen LogP contribution >= 0.6 is 0 Å². The summed E-state index contributed by atoms with van der Waals surface area (Å²) in [6.45, 7) is 10.8. The molecule has 1 aromatic carbocycles. The smallest absolute Gasteiger partial charge is 0.333 e. The van der Waals surface area contributed by atoms with Gasteiger partial charge in [-0.05, 0) is 36.5 Å². The number of ether oxygens (including phenoxy) is 1. The first-order valence-electron chi connectivity index (χ1n) is 7.47. The fraction of sp³-hybridized carbons (Fsp3) is 0.588. The van der Waals surface area contributed by atoms with Crippen LogP contribution in [0.3, 0.4) is 0 Å². The van der Waals surface area contributed by atoms with Crippen molar-refractivity contribution >= 4 is 14.3 Å². The molecular formula is C17H28O3Si. The molecule has 4 heteroatoms. The molecule has 0 fully saturated rings. The molecule has 0 aliphatic rings. The number of hydrogen-bond acceptors (Lipinski definition) is 3. The average molecular weight is 308 g/mol. The van der Waals surface area contributed by atoms with Gasteiger partial charge in [0.25, 0.3) is 0 Å². The number of rotatable bonds is 6. The SMILES string of the molecule is COC(=O)C(CCc1ccccc1)O[Si](C)(C)C(C)(C)C. The summed E-state index contributed by atoms with van der Waals surface area (Å²) in [4.78, 5) is 12.0. The molecule has 0 aliphatic heterocycles. The van der Waals surface area contributed by atoms with Gasteiger partial charge in [-0.15, -0.1) is 0 Å². The molecule has 0 saturated carbocycles. The number of carbonyl (C=O) groups excluding carboxylic acids is 1. The van der Waals surface area contributed by atoms with Gasteiger partial charge in [0, 0.05) is 0 Å². The van der Waals surface area contributed by atoms with Crippen LogP contribution in [-0.4, -0.2) is 27.5 Å². The number of benzene rings is 1. The van der Waals surface area contributed by atoms with E-state index in [1.165, 1.54) is 12.7 Å². The molecule has 1 rings (SSSR count). The van der Waals surface area contributed by atoms with E-state index in [4.69, 9.17) is 9.16 Å². The third kappa shape index (κ3) is 5.29. The van der Waals surface area contributed by atoms with E-state index in [0.29, 0.717) is 6.42 Å². The fourth-order valence-corrected chi connectivity index (χ4v) is 3.11. The molecule has 3 nitrogen and oxygen atoms in total. The molecule has 0 saturated heterocycles. The molecule has 0 amide bonds. The van der Waals surface area contributed by atoms with Gasteiger partial charge in [-0.3, -0.25) is 0 Å². The highest BCUT2D eigenvalue weighted by Gasteiger charge is 2.40. The maximum atomic E-state index is 12.0. The topological polar surface area (TPSA) is 35.5 Å². The number of carbonyl (C=O) groups is 1. The lowest BCUT2D eigenvalue weighted by Gasteiger charge is -2.38. The first kappa shape index (κ1) is 17.9. The van der Waals surface area contributed by atoms with Gasteiger partial charge in [0.15, 0.2) is 8.32 Å². The quantitative estimate of drug-likeness (QED) is 0.584. The average Bonchev–Trinajstić information content (AvgIpc) is 2.42. The van der Waals surface area contributed by atoms with Crippen molar-refractivity contribution in [3.05, 3.63) is 35.9 Å². The highest BCUT2D eigenvalue weighted by atomic mass is 28.4. The third-order valence-electron chi connectivity index (χ3n) is 4.25. The predicted octanol–water partition coefficient (Wildman–Crippen LogP) is 4.18. The van der Waals surface area contributed by atoms with E-state index >= 15 is 0 Å². The monoisotopic (exact) mass is 308 g/mol. The Bertz CT molecular complexity index is 449. The molecule has 21 heavy (non-hydrogen) atoms. The van der Waals surface area contributed by atoms with E-state index in [1.807, 2.05) is 18.2 Å². The molecular weight excluding hydrogens is 280 g/mol. The first-order valence-corrected chi connectivity index (χ1v) is 10.4. The second kappa shape index (κ2) is 7.23. The van der Waals surface area contributed by atoms with Gasteiger partial charge in [0.1, 0.15) is 6.10 Å². The number of hydrogen-bond donors (Lipinski definition) is 0. The van der Waals surface area contributed by atoms with E-state index in [9.17, 15) is 4.79 Å². The van der Waals surface area contributed by atoms with Gasteiger partial charge < -0.3 is 9.16 Å². The van der Waals surface area contributed by atoms with Gasteiger partial charge in [-0.2, -0.15) is 0 Å². The lowest BCUT2D eigenvalue weighted by atomic mass is 10.1. The normalized spacial score (nSPS) is 13.8. The molecule has 1 aromatic rings. The van der Waals surface area contributed by atoms with Crippen molar-refractivity contribution in [1.29, 1.82) is 0 Å². The highest BCUT2D eigenvalue weighted by molar-refractivity contribution is 6.74. The van der Waals surface area contributed by atoms with Crippen molar-refractivity contribution in [2.24, 2.45) is 0 Å². The Morgan fingerprint density at radius 2 is 1.76 bits per heavy atom. The van der Waals surface area contributed by atoms with E-state index in [-0.39, 0.29) is 11.0 Å². The van der Waals surface area contributed by atoms with Crippen LogP contribution in [0.5, 0.6) is 0 Å². The molecule has 0 radical (unpaired) electrons. The van der Waals surface area contributed by atoms with Crippen LogP contribution in [0.2, 0.25) is 18.1 Å². The summed E-state index contributed by atoms with van der Waals surface area (Å²) >= 11 is 0. The third-order valence-corrected chi connectivity index (χ3v) is 8.73.